The first-order valence-corrected chi connectivity index (χ1v) is 5.17. The predicted octanol–water partition coefficient (Wildman–Crippen LogP) is 1.22. The molecule has 0 fully saturated rings. The van der Waals surface area contributed by atoms with Crippen LogP contribution in [0.2, 0.25) is 0 Å². The Labute approximate surface area is 90.1 Å². The second-order valence-corrected chi connectivity index (χ2v) is 3.91. The first kappa shape index (κ1) is 11.8. The number of rotatable bonds is 5. The van der Waals surface area contributed by atoms with E-state index in [0.29, 0.717) is 0 Å². The van der Waals surface area contributed by atoms with E-state index >= 15 is 0 Å². The third-order valence-corrected chi connectivity index (χ3v) is 2.44. The lowest BCUT2D eigenvalue weighted by molar-refractivity contribution is -0.137. The lowest BCUT2D eigenvalue weighted by Crippen LogP contribution is -2.55. The van der Waals surface area contributed by atoms with Crippen molar-refractivity contribution in [2.45, 2.75) is 38.4 Å². The van der Waals surface area contributed by atoms with Gasteiger partial charge in [0.1, 0.15) is 5.66 Å². The second-order valence-electron chi connectivity index (χ2n) is 3.91. The van der Waals surface area contributed by atoms with Gasteiger partial charge in [-0.05, 0) is 31.7 Å². The first-order chi connectivity index (χ1) is 7.06. The first-order valence-electron chi connectivity index (χ1n) is 5.17. The van der Waals surface area contributed by atoms with E-state index in [1.165, 1.54) is 0 Å². The number of carboxylic acids is 1. The van der Waals surface area contributed by atoms with E-state index in [9.17, 15) is 4.79 Å². The molecule has 0 aromatic rings. The molecule has 0 bridgehead atoms. The molecule has 1 heterocycles. The molecule has 0 saturated heterocycles. The molecule has 0 saturated carbocycles. The van der Waals surface area contributed by atoms with Crippen molar-refractivity contribution in [3.8, 4) is 0 Å². The third kappa shape index (κ3) is 3.75. The van der Waals surface area contributed by atoms with Crippen LogP contribution in [0, 0.1) is 0 Å². The van der Waals surface area contributed by atoms with Gasteiger partial charge in [0.2, 0.25) is 0 Å². The Morgan fingerprint density at radius 3 is 2.80 bits per heavy atom. The fourth-order valence-electron chi connectivity index (χ4n) is 1.59. The van der Waals surface area contributed by atoms with Crippen LogP contribution in [0.4, 0.5) is 0 Å². The summed E-state index contributed by atoms with van der Waals surface area (Å²) in [4.78, 5) is 10.6. The zero-order chi connectivity index (χ0) is 11.3. The van der Waals surface area contributed by atoms with Gasteiger partial charge in [-0.3, -0.25) is 10.1 Å². The fraction of sp³-hybridized carbons (Fsp3) is 0.545. The largest absolute Gasteiger partial charge is 0.481 e. The molecule has 1 aliphatic heterocycles. The highest BCUT2D eigenvalue weighted by molar-refractivity contribution is 5.67. The summed E-state index contributed by atoms with van der Waals surface area (Å²) >= 11 is 0. The highest BCUT2D eigenvalue weighted by atomic mass is 16.4. The molecule has 1 rings (SSSR count). The van der Waals surface area contributed by atoms with Crippen LogP contribution in [0.3, 0.4) is 0 Å². The summed E-state index contributed by atoms with van der Waals surface area (Å²) in [6, 6.07) is -0.0175. The molecule has 0 radical (unpaired) electrons. The van der Waals surface area contributed by atoms with Crippen molar-refractivity contribution in [3.05, 3.63) is 24.4 Å². The molecule has 2 atom stereocenters. The Hall–Kier alpha value is -1.29. The molecule has 0 aliphatic carbocycles. The van der Waals surface area contributed by atoms with E-state index in [1.54, 1.807) is 0 Å². The van der Waals surface area contributed by atoms with E-state index in [4.69, 9.17) is 5.11 Å². The van der Waals surface area contributed by atoms with Crippen molar-refractivity contribution in [1.82, 2.24) is 10.6 Å². The van der Waals surface area contributed by atoms with E-state index < -0.39 is 5.97 Å². The highest BCUT2D eigenvalue weighted by Gasteiger charge is 2.24. The SMILES string of the molecule is CCC(CC(=O)O)NC1(C)C=CC=CN1. The quantitative estimate of drug-likeness (QED) is 0.638. The number of aliphatic carboxylic acids is 1. The van der Waals surface area contributed by atoms with E-state index in [-0.39, 0.29) is 18.1 Å². The Bertz CT molecular complexity index is 286. The van der Waals surface area contributed by atoms with Crippen LogP contribution in [-0.4, -0.2) is 22.8 Å². The summed E-state index contributed by atoms with van der Waals surface area (Å²) in [5.74, 6) is -0.770. The molecule has 1 aliphatic rings. The van der Waals surface area contributed by atoms with E-state index in [0.717, 1.165) is 6.42 Å². The average molecular weight is 210 g/mol. The summed E-state index contributed by atoms with van der Waals surface area (Å²) in [5.41, 5.74) is -0.342. The molecule has 15 heavy (non-hydrogen) atoms. The molecule has 3 N–H and O–H groups in total. The van der Waals surface area contributed by atoms with Gasteiger partial charge in [0.15, 0.2) is 0 Å². The van der Waals surface area contributed by atoms with Crippen molar-refractivity contribution in [1.29, 1.82) is 0 Å². The Kier molecular flexibility index (Phi) is 3.91. The molecule has 0 aromatic carbocycles. The maximum atomic E-state index is 10.6. The van der Waals surface area contributed by atoms with Crippen molar-refractivity contribution in [2.75, 3.05) is 0 Å². The monoisotopic (exact) mass is 210 g/mol. The zero-order valence-electron chi connectivity index (χ0n) is 9.16. The predicted molar refractivity (Wildman–Crippen MR) is 59.3 cm³/mol. The summed E-state index contributed by atoms with van der Waals surface area (Å²) in [6.45, 7) is 3.96. The number of nitrogens with one attached hydrogen (secondary N) is 2. The average Bonchev–Trinajstić information content (AvgIpc) is 2.16. The van der Waals surface area contributed by atoms with Crippen LogP contribution in [0.25, 0.3) is 0 Å². The molecular formula is C11H18N2O2. The van der Waals surface area contributed by atoms with Gasteiger partial charge < -0.3 is 10.4 Å². The third-order valence-electron chi connectivity index (χ3n) is 2.44. The van der Waals surface area contributed by atoms with Gasteiger partial charge in [-0.2, -0.15) is 0 Å². The van der Waals surface area contributed by atoms with E-state index in [2.05, 4.69) is 10.6 Å². The molecule has 0 aromatic heterocycles. The van der Waals surface area contributed by atoms with Gasteiger partial charge >= 0.3 is 5.97 Å². The number of allylic oxidation sites excluding steroid dienone is 2. The second kappa shape index (κ2) is 4.98. The normalized spacial score (nSPS) is 26.0. The highest BCUT2D eigenvalue weighted by Crippen LogP contribution is 2.10. The number of dihydropyridines is 1. The van der Waals surface area contributed by atoms with Crippen LogP contribution in [0.5, 0.6) is 0 Å². The van der Waals surface area contributed by atoms with Gasteiger partial charge in [0, 0.05) is 6.04 Å². The molecule has 0 spiro atoms. The number of carbonyl (C=O) groups is 1. The fourth-order valence-corrected chi connectivity index (χ4v) is 1.59. The maximum Gasteiger partial charge on any atom is 0.304 e. The van der Waals surface area contributed by atoms with Crippen LogP contribution in [-0.2, 0) is 4.79 Å². The van der Waals surface area contributed by atoms with Gasteiger partial charge in [-0.1, -0.05) is 13.0 Å². The molecule has 4 heteroatoms. The Morgan fingerprint density at radius 1 is 1.60 bits per heavy atom. The standard InChI is InChI=1S/C11H18N2O2/c1-3-9(8-10(14)15)13-11(2)6-4-5-7-12-11/h4-7,9,12-13H,3,8H2,1-2H3,(H,14,15). The summed E-state index contributed by atoms with van der Waals surface area (Å²) < 4.78 is 0. The topological polar surface area (TPSA) is 61.4 Å². The molecule has 4 nitrogen and oxygen atoms in total. The number of hydrogen-bond donors (Lipinski definition) is 3. The van der Waals surface area contributed by atoms with Crippen LogP contribution in [0.1, 0.15) is 26.7 Å². The minimum Gasteiger partial charge on any atom is -0.481 e. The minimum atomic E-state index is -0.770. The van der Waals surface area contributed by atoms with Gasteiger partial charge in [0.05, 0.1) is 6.42 Å². The molecule has 0 amide bonds. The maximum absolute atomic E-state index is 10.6. The Morgan fingerprint density at radius 2 is 2.33 bits per heavy atom. The Balaban J connectivity index is 2.54. The van der Waals surface area contributed by atoms with Crippen molar-refractivity contribution in [2.24, 2.45) is 0 Å². The van der Waals surface area contributed by atoms with E-state index in [1.807, 2.05) is 38.3 Å². The summed E-state index contributed by atoms with van der Waals surface area (Å²) in [6.07, 6.45) is 8.61. The lowest BCUT2D eigenvalue weighted by Gasteiger charge is -2.33. The molecule has 2 unspecified atom stereocenters. The number of carboxylic acid groups (broad SMARTS) is 1. The minimum absolute atomic E-state index is 0.0175. The van der Waals surface area contributed by atoms with Crippen molar-refractivity contribution < 1.29 is 9.90 Å². The van der Waals surface area contributed by atoms with Crippen LogP contribution < -0.4 is 10.6 Å². The molecular weight excluding hydrogens is 192 g/mol. The van der Waals surface area contributed by atoms with Gasteiger partial charge in [-0.15, -0.1) is 0 Å². The smallest absolute Gasteiger partial charge is 0.304 e. The summed E-state index contributed by atoms with van der Waals surface area (Å²) in [5, 5.41) is 15.2. The summed E-state index contributed by atoms with van der Waals surface area (Å²) in [7, 11) is 0. The van der Waals surface area contributed by atoms with Crippen molar-refractivity contribution >= 4 is 5.97 Å². The lowest BCUT2D eigenvalue weighted by atomic mass is 10.1. The van der Waals surface area contributed by atoms with Crippen LogP contribution >= 0.6 is 0 Å². The zero-order valence-corrected chi connectivity index (χ0v) is 9.16. The van der Waals surface area contributed by atoms with Gasteiger partial charge in [0.25, 0.3) is 0 Å². The van der Waals surface area contributed by atoms with Crippen molar-refractivity contribution in [3.63, 3.8) is 0 Å². The van der Waals surface area contributed by atoms with Crippen LogP contribution in [0.15, 0.2) is 24.4 Å². The molecule has 84 valence electrons. The number of hydrogen-bond acceptors (Lipinski definition) is 3. The van der Waals surface area contributed by atoms with Gasteiger partial charge in [-0.25, -0.2) is 0 Å².